The topological polar surface area (TPSA) is 55.6 Å². The number of para-hydroxylation sites is 1. The number of carbonyl (C=O) groups is 1. The number of thiazole rings is 1. The Bertz CT molecular complexity index is 1360. The number of anilines is 1. The average Bonchev–Trinajstić information content (AvgIpc) is 3.38. The van der Waals surface area contributed by atoms with Crippen LogP contribution in [0.3, 0.4) is 0 Å². The largest absolute Gasteiger partial charge is 0.457 e. The molecule has 0 aliphatic heterocycles. The molecule has 1 amide bonds. The number of imidazole rings is 1. The van der Waals surface area contributed by atoms with Crippen molar-refractivity contribution in [2.24, 2.45) is 0 Å². The Morgan fingerprint density at radius 1 is 0.969 bits per heavy atom. The summed E-state index contributed by atoms with van der Waals surface area (Å²) in [6.45, 7) is 0. The lowest BCUT2D eigenvalue weighted by molar-refractivity contribution is -0.115. The molecule has 5 nitrogen and oxygen atoms in total. The molecule has 0 aliphatic rings. The number of amides is 1. The van der Waals surface area contributed by atoms with Crippen LogP contribution in [0.5, 0.6) is 11.5 Å². The molecule has 158 valence electrons. The molecule has 32 heavy (non-hydrogen) atoms. The Hall–Kier alpha value is -3.97. The van der Waals surface area contributed by atoms with Crippen molar-refractivity contribution in [2.45, 2.75) is 6.42 Å². The quantitative estimate of drug-likeness (QED) is 0.341. The fourth-order valence-electron chi connectivity index (χ4n) is 3.32. The number of nitrogens with one attached hydrogen (secondary N) is 1. The average molecular weight is 444 g/mol. The van der Waals surface area contributed by atoms with Gasteiger partial charge in [0.05, 0.1) is 12.1 Å². The number of fused-ring (bicyclic) bond motifs is 1. The Kier molecular flexibility index (Phi) is 5.39. The third-order valence-electron chi connectivity index (χ3n) is 4.88. The number of carbonyl (C=O) groups excluding carboxylic acids is 1. The van der Waals surface area contributed by atoms with E-state index in [4.69, 9.17) is 4.74 Å². The molecule has 1 N–H and O–H groups in total. The minimum absolute atomic E-state index is 0.126. The minimum atomic E-state index is -0.285. The van der Waals surface area contributed by atoms with E-state index in [-0.39, 0.29) is 18.1 Å². The van der Waals surface area contributed by atoms with Crippen LogP contribution in [0, 0.1) is 5.82 Å². The van der Waals surface area contributed by atoms with Crippen molar-refractivity contribution < 1.29 is 13.9 Å². The second-order valence-electron chi connectivity index (χ2n) is 7.18. The maximum atomic E-state index is 13.2. The molecule has 0 unspecified atom stereocenters. The molecule has 5 aromatic rings. The van der Waals surface area contributed by atoms with E-state index in [0.29, 0.717) is 11.4 Å². The van der Waals surface area contributed by atoms with E-state index in [9.17, 15) is 9.18 Å². The van der Waals surface area contributed by atoms with Crippen molar-refractivity contribution >= 4 is 27.9 Å². The molecule has 0 bridgehead atoms. The first kappa shape index (κ1) is 20.0. The summed E-state index contributed by atoms with van der Waals surface area (Å²) in [4.78, 5) is 18.0. The zero-order valence-electron chi connectivity index (χ0n) is 16.9. The summed E-state index contributed by atoms with van der Waals surface area (Å²) in [5.41, 5.74) is 3.11. The summed E-state index contributed by atoms with van der Waals surface area (Å²) >= 11 is 1.46. The monoisotopic (exact) mass is 443 g/mol. The predicted octanol–water partition coefficient (Wildman–Crippen LogP) is 6.18. The van der Waals surface area contributed by atoms with Crippen LogP contribution in [0.25, 0.3) is 16.2 Å². The highest BCUT2D eigenvalue weighted by molar-refractivity contribution is 7.15. The summed E-state index contributed by atoms with van der Waals surface area (Å²) in [5.74, 6) is 1.04. The van der Waals surface area contributed by atoms with Crippen molar-refractivity contribution in [1.29, 1.82) is 0 Å². The highest BCUT2D eigenvalue weighted by atomic mass is 32.1. The normalized spacial score (nSPS) is 10.9. The van der Waals surface area contributed by atoms with Gasteiger partial charge in [0.25, 0.3) is 0 Å². The van der Waals surface area contributed by atoms with Gasteiger partial charge in [-0.25, -0.2) is 9.37 Å². The molecule has 7 heteroatoms. The second kappa shape index (κ2) is 8.64. The first-order valence-corrected chi connectivity index (χ1v) is 10.9. The number of ether oxygens (including phenoxy) is 1. The lowest BCUT2D eigenvalue weighted by Crippen LogP contribution is -2.15. The first-order valence-electron chi connectivity index (χ1n) is 9.98. The molecule has 0 fully saturated rings. The van der Waals surface area contributed by atoms with Crippen LogP contribution in [-0.2, 0) is 11.2 Å². The van der Waals surface area contributed by atoms with Gasteiger partial charge in [-0.1, -0.05) is 18.2 Å². The van der Waals surface area contributed by atoms with Crippen LogP contribution < -0.4 is 10.1 Å². The summed E-state index contributed by atoms with van der Waals surface area (Å²) in [6, 6.07) is 23.0. The third kappa shape index (κ3) is 4.38. The molecule has 5 rings (SSSR count). The van der Waals surface area contributed by atoms with Crippen molar-refractivity contribution in [2.75, 3.05) is 5.32 Å². The van der Waals surface area contributed by atoms with Gasteiger partial charge in [-0.2, -0.15) is 0 Å². The Balaban J connectivity index is 1.25. The first-order chi connectivity index (χ1) is 15.6. The van der Waals surface area contributed by atoms with E-state index in [2.05, 4.69) is 10.3 Å². The van der Waals surface area contributed by atoms with Crippen molar-refractivity contribution in [3.05, 3.63) is 102 Å². The fourth-order valence-corrected chi connectivity index (χ4v) is 4.19. The molecular weight excluding hydrogens is 425 g/mol. The highest BCUT2D eigenvalue weighted by Crippen LogP contribution is 2.25. The molecule has 0 radical (unpaired) electrons. The van der Waals surface area contributed by atoms with E-state index in [1.807, 2.05) is 70.6 Å². The molecule has 3 aromatic carbocycles. The van der Waals surface area contributed by atoms with Crippen LogP contribution in [0.15, 0.2) is 90.4 Å². The number of rotatable bonds is 6. The van der Waals surface area contributed by atoms with Gasteiger partial charge in [-0.05, 0) is 60.7 Å². The molecule has 0 aliphatic carbocycles. The second-order valence-corrected chi connectivity index (χ2v) is 8.01. The lowest BCUT2D eigenvalue weighted by atomic mass is 10.2. The number of nitrogens with zero attached hydrogens (tertiary/aromatic N) is 2. The highest BCUT2D eigenvalue weighted by Gasteiger charge is 2.13. The number of benzene rings is 3. The standard InChI is InChI=1S/C25H18FN3O2S/c26-18-8-6-17(7-9-18)23-15-29-20(16-32-25(29)28-23)14-24(30)27-19-10-12-22(13-11-19)31-21-4-2-1-3-5-21/h1-13,15-16H,14H2,(H,27,30). The van der Waals surface area contributed by atoms with E-state index >= 15 is 0 Å². The van der Waals surface area contributed by atoms with Gasteiger partial charge < -0.3 is 10.1 Å². The van der Waals surface area contributed by atoms with E-state index < -0.39 is 0 Å². The molecule has 0 spiro atoms. The minimum Gasteiger partial charge on any atom is -0.457 e. The SMILES string of the molecule is O=C(Cc1csc2nc(-c3ccc(F)cc3)cn12)Nc1ccc(Oc2ccccc2)cc1. The molecular formula is C25H18FN3O2S. The summed E-state index contributed by atoms with van der Waals surface area (Å²) in [7, 11) is 0. The number of hydrogen-bond acceptors (Lipinski definition) is 4. The molecule has 2 aromatic heterocycles. The Morgan fingerprint density at radius 3 is 2.44 bits per heavy atom. The van der Waals surface area contributed by atoms with Crippen LogP contribution in [0.1, 0.15) is 5.69 Å². The molecule has 0 saturated heterocycles. The molecule has 0 saturated carbocycles. The fraction of sp³-hybridized carbons (Fsp3) is 0.0400. The van der Waals surface area contributed by atoms with Gasteiger partial charge in [0.1, 0.15) is 17.3 Å². The van der Waals surface area contributed by atoms with Gasteiger partial charge in [0.2, 0.25) is 5.91 Å². The maximum Gasteiger partial charge on any atom is 0.230 e. The van der Waals surface area contributed by atoms with E-state index in [1.165, 1.54) is 23.5 Å². The Morgan fingerprint density at radius 2 is 1.69 bits per heavy atom. The van der Waals surface area contributed by atoms with Gasteiger partial charge in [-0.15, -0.1) is 11.3 Å². The number of aromatic nitrogens is 2. The summed E-state index contributed by atoms with van der Waals surface area (Å²) in [5, 5.41) is 4.84. The number of hydrogen-bond donors (Lipinski definition) is 1. The molecule has 2 heterocycles. The maximum absolute atomic E-state index is 13.2. The van der Waals surface area contributed by atoms with Crippen LogP contribution >= 0.6 is 11.3 Å². The molecule has 0 atom stereocenters. The number of halogens is 1. The summed E-state index contributed by atoms with van der Waals surface area (Å²) < 4.78 is 20.9. The summed E-state index contributed by atoms with van der Waals surface area (Å²) in [6.07, 6.45) is 2.08. The van der Waals surface area contributed by atoms with Gasteiger partial charge >= 0.3 is 0 Å². The van der Waals surface area contributed by atoms with E-state index in [0.717, 1.165) is 27.7 Å². The van der Waals surface area contributed by atoms with Gasteiger partial charge in [0.15, 0.2) is 4.96 Å². The van der Waals surface area contributed by atoms with Crippen LogP contribution in [-0.4, -0.2) is 15.3 Å². The van der Waals surface area contributed by atoms with E-state index in [1.54, 1.807) is 12.1 Å². The van der Waals surface area contributed by atoms with Crippen LogP contribution in [0.4, 0.5) is 10.1 Å². The smallest absolute Gasteiger partial charge is 0.230 e. The van der Waals surface area contributed by atoms with Crippen molar-refractivity contribution in [1.82, 2.24) is 9.38 Å². The zero-order chi connectivity index (χ0) is 21.9. The van der Waals surface area contributed by atoms with Gasteiger partial charge in [-0.3, -0.25) is 9.20 Å². The lowest BCUT2D eigenvalue weighted by Gasteiger charge is -2.08. The third-order valence-corrected chi connectivity index (χ3v) is 5.77. The van der Waals surface area contributed by atoms with Crippen molar-refractivity contribution in [3.8, 4) is 22.8 Å². The zero-order valence-corrected chi connectivity index (χ0v) is 17.7. The Labute approximate surface area is 187 Å². The van der Waals surface area contributed by atoms with Gasteiger partial charge in [0, 0.05) is 28.5 Å². The predicted molar refractivity (Wildman–Crippen MR) is 124 cm³/mol. The van der Waals surface area contributed by atoms with Crippen molar-refractivity contribution in [3.63, 3.8) is 0 Å². The van der Waals surface area contributed by atoms with Crippen LogP contribution in [0.2, 0.25) is 0 Å².